The second-order valence-corrected chi connectivity index (χ2v) is 4.65. The molecule has 1 aliphatic heterocycles. The number of fused-ring (bicyclic) bond motifs is 1. The number of benzene rings is 1. The van der Waals surface area contributed by atoms with Crippen LogP contribution >= 0.6 is 12.4 Å². The molecule has 5 heteroatoms. The van der Waals surface area contributed by atoms with E-state index in [-0.39, 0.29) is 12.4 Å². The highest BCUT2D eigenvalue weighted by atomic mass is 35.5. The number of nitrogens with one attached hydrogen (secondary N) is 1. The fraction of sp³-hybridized carbons (Fsp3) is 0.500. The minimum absolute atomic E-state index is 0. The van der Waals surface area contributed by atoms with Gasteiger partial charge in [0.2, 0.25) is 0 Å². The van der Waals surface area contributed by atoms with E-state index in [0.29, 0.717) is 5.92 Å². The van der Waals surface area contributed by atoms with Crippen LogP contribution in [0.15, 0.2) is 17.1 Å². The molecular formula is C14H19ClN2O2. The molecule has 2 aliphatic rings. The van der Waals surface area contributed by atoms with Crippen molar-refractivity contribution < 1.29 is 9.47 Å². The van der Waals surface area contributed by atoms with Gasteiger partial charge in [-0.2, -0.15) is 0 Å². The zero-order valence-corrected chi connectivity index (χ0v) is 12.0. The van der Waals surface area contributed by atoms with E-state index in [1.54, 1.807) is 14.2 Å². The molecule has 1 aromatic rings. The molecule has 1 aliphatic carbocycles. The molecule has 3 rings (SSSR count). The molecule has 0 amide bonds. The van der Waals surface area contributed by atoms with Gasteiger partial charge in [-0.3, -0.25) is 4.99 Å². The summed E-state index contributed by atoms with van der Waals surface area (Å²) >= 11 is 0. The molecule has 1 atom stereocenters. The first-order valence-corrected chi connectivity index (χ1v) is 6.37. The van der Waals surface area contributed by atoms with Gasteiger partial charge in [-0.15, -0.1) is 12.4 Å². The summed E-state index contributed by atoms with van der Waals surface area (Å²) in [5.74, 6) is 3.25. The third-order valence-corrected chi connectivity index (χ3v) is 3.77. The average molecular weight is 283 g/mol. The Labute approximate surface area is 119 Å². The van der Waals surface area contributed by atoms with E-state index in [0.717, 1.165) is 43.3 Å². The van der Waals surface area contributed by atoms with Crippen LogP contribution in [0.4, 0.5) is 0 Å². The summed E-state index contributed by atoms with van der Waals surface area (Å²) in [6, 6.07) is 4.14. The molecule has 0 saturated carbocycles. The van der Waals surface area contributed by atoms with Crippen LogP contribution in [0.5, 0.6) is 11.5 Å². The second kappa shape index (κ2) is 5.70. The number of aliphatic imine (C=N–C) groups is 1. The monoisotopic (exact) mass is 282 g/mol. The first kappa shape index (κ1) is 14.0. The number of halogens is 1. The van der Waals surface area contributed by atoms with Gasteiger partial charge in [0.05, 0.1) is 20.8 Å². The molecule has 0 spiro atoms. The van der Waals surface area contributed by atoms with Crippen molar-refractivity contribution in [3.8, 4) is 11.5 Å². The van der Waals surface area contributed by atoms with Crippen molar-refractivity contribution in [2.75, 3.05) is 27.3 Å². The van der Waals surface area contributed by atoms with Crippen LogP contribution in [-0.2, 0) is 6.42 Å². The third-order valence-electron chi connectivity index (χ3n) is 3.77. The van der Waals surface area contributed by atoms with Crippen molar-refractivity contribution in [1.29, 1.82) is 0 Å². The van der Waals surface area contributed by atoms with E-state index in [2.05, 4.69) is 16.4 Å². The minimum Gasteiger partial charge on any atom is -0.493 e. The van der Waals surface area contributed by atoms with Gasteiger partial charge in [-0.1, -0.05) is 6.07 Å². The fourth-order valence-corrected chi connectivity index (χ4v) is 2.97. The van der Waals surface area contributed by atoms with Gasteiger partial charge in [-0.05, 0) is 24.5 Å². The Morgan fingerprint density at radius 3 is 2.74 bits per heavy atom. The number of methoxy groups -OCH3 is 2. The summed E-state index contributed by atoms with van der Waals surface area (Å²) in [7, 11) is 3.39. The van der Waals surface area contributed by atoms with Crippen LogP contribution in [-0.4, -0.2) is 33.1 Å². The van der Waals surface area contributed by atoms with Crippen LogP contribution in [0.1, 0.15) is 23.5 Å². The number of ether oxygens (including phenoxy) is 2. The van der Waals surface area contributed by atoms with E-state index in [4.69, 9.17) is 9.47 Å². The van der Waals surface area contributed by atoms with Crippen molar-refractivity contribution in [3.05, 3.63) is 23.3 Å². The first-order valence-electron chi connectivity index (χ1n) is 6.37. The molecular weight excluding hydrogens is 264 g/mol. The maximum atomic E-state index is 5.50. The quantitative estimate of drug-likeness (QED) is 0.924. The predicted octanol–water partition coefficient (Wildman–Crippen LogP) is 2.16. The fourth-order valence-electron chi connectivity index (χ4n) is 2.97. The lowest BCUT2D eigenvalue weighted by molar-refractivity contribution is 0.352. The molecule has 1 heterocycles. The summed E-state index contributed by atoms with van der Waals surface area (Å²) in [6.45, 7) is 1.86. The van der Waals surface area contributed by atoms with Crippen LogP contribution < -0.4 is 14.8 Å². The highest BCUT2D eigenvalue weighted by molar-refractivity contribution is 5.91. The summed E-state index contributed by atoms with van der Waals surface area (Å²) in [4.78, 5) is 4.55. The molecule has 104 valence electrons. The topological polar surface area (TPSA) is 42.9 Å². The molecule has 1 unspecified atom stereocenters. The number of nitrogens with zero attached hydrogens (tertiary/aromatic N) is 1. The van der Waals surface area contributed by atoms with Crippen molar-refractivity contribution >= 4 is 18.2 Å². The Hall–Kier alpha value is -1.42. The van der Waals surface area contributed by atoms with Gasteiger partial charge in [0.15, 0.2) is 11.5 Å². The van der Waals surface area contributed by atoms with Crippen molar-refractivity contribution in [3.63, 3.8) is 0 Å². The molecule has 0 aromatic heterocycles. The lowest BCUT2D eigenvalue weighted by atomic mass is 9.99. The Bertz CT molecular complexity index is 502. The summed E-state index contributed by atoms with van der Waals surface area (Å²) in [6.07, 6.45) is 2.13. The van der Waals surface area contributed by atoms with Crippen LogP contribution in [0.2, 0.25) is 0 Å². The molecule has 1 N–H and O–H groups in total. The zero-order chi connectivity index (χ0) is 12.5. The van der Waals surface area contributed by atoms with Crippen LogP contribution in [0.3, 0.4) is 0 Å². The molecule has 0 radical (unpaired) electrons. The molecule has 1 aromatic carbocycles. The van der Waals surface area contributed by atoms with E-state index in [1.165, 1.54) is 11.1 Å². The molecule has 0 bridgehead atoms. The highest BCUT2D eigenvalue weighted by Gasteiger charge is 2.31. The van der Waals surface area contributed by atoms with E-state index < -0.39 is 0 Å². The normalized spacial score (nSPS) is 20.1. The van der Waals surface area contributed by atoms with Gasteiger partial charge < -0.3 is 14.8 Å². The summed E-state index contributed by atoms with van der Waals surface area (Å²) in [5.41, 5.74) is 2.61. The lowest BCUT2D eigenvalue weighted by Crippen LogP contribution is -2.24. The number of rotatable bonds is 3. The van der Waals surface area contributed by atoms with Crippen LogP contribution in [0, 0.1) is 0 Å². The van der Waals surface area contributed by atoms with E-state index >= 15 is 0 Å². The smallest absolute Gasteiger partial charge is 0.164 e. The van der Waals surface area contributed by atoms with Gasteiger partial charge >= 0.3 is 0 Å². The van der Waals surface area contributed by atoms with Gasteiger partial charge in [0.1, 0.15) is 5.84 Å². The largest absolute Gasteiger partial charge is 0.493 e. The van der Waals surface area contributed by atoms with Gasteiger partial charge in [-0.25, -0.2) is 0 Å². The molecule has 0 saturated heterocycles. The number of amidine groups is 1. The molecule has 4 nitrogen and oxygen atoms in total. The number of hydrogen-bond acceptors (Lipinski definition) is 4. The number of hydrogen-bond donors (Lipinski definition) is 1. The van der Waals surface area contributed by atoms with Crippen molar-refractivity contribution in [1.82, 2.24) is 5.32 Å². The summed E-state index contributed by atoms with van der Waals surface area (Å²) in [5, 5.41) is 3.38. The minimum atomic E-state index is 0. The molecule has 0 fully saturated rings. The summed E-state index contributed by atoms with van der Waals surface area (Å²) < 4.78 is 10.9. The highest BCUT2D eigenvalue weighted by Crippen LogP contribution is 2.43. The maximum Gasteiger partial charge on any atom is 0.164 e. The van der Waals surface area contributed by atoms with Crippen molar-refractivity contribution in [2.24, 2.45) is 4.99 Å². The van der Waals surface area contributed by atoms with Crippen molar-refractivity contribution in [2.45, 2.75) is 18.8 Å². The van der Waals surface area contributed by atoms with Gasteiger partial charge in [0, 0.05) is 18.0 Å². The zero-order valence-electron chi connectivity index (χ0n) is 11.2. The predicted molar refractivity (Wildman–Crippen MR) is 78.2 cm³/mol. The average Bonchev–Trinajstić information content (AvgIpc) is 3.05. The second-order valence-electron chi connectivity index (χ2n) is 4.65. The van der Waals surface area contributed by atoms with Crippen LogP contribution in [0.25, 0.3) is 0 Å². The lowest BCUT2D eigenvalue weighted by Gasteiger charge is -2.15. The molecule has 19 heavy (non-hydrogen) atoms. The SMILES string of the molecule is COc1ccc2c(c1OC)CCC2C1=NCCN1.Cl. The Morgan fingerprint density at radius 2 is 2.11 bits per heavy atom. The Balaban J connectivity index is 0.00000133. The van der Waals surface area contributed by atoms with E-state index in [1.807, 2.05) is 6.07 Å². The Morgan fingerprint density at radius 1 is 1.26 bits per heavy atom. The third kappa shape index (κ3) is 2.25. The maximum absolute atomic E-state index is 5.50. The van der Waals surface area contributed by atoms with E-state index in [9.17, 15) is 0 Å². The van der Waals surface area contributed by atoms with Gasteiger partial charge in [0.25, 0.3) is 0 Å². The Kier molecular flexibility index (Phi) is 4.20. The standard InChI is InChI=1S/C14H18N2O2.ClH/c1-17-12-6-5-9-10(13(12)18-2)3-4-11(9)14-15-7-8-16-14;/h5-6,11H,3-4,7-8H2,1-2H3,(H,15,16);1H. The first-order chi connectivity index (χ1) is 8.85.